The average Bonchev–Trinajstić information content (AvgIpc) is 2.92. The van der Waals surface area contributed by atoms with Gasteiger partial charge in [0.15, 0.2) is 0 Å². The zero-order valence-corrected chi connectivity index (χ0v) is 22.0. The fourth-order valence-electron chi connectivity index (χ4n) is 5.31. The molecule has 37 heavy (non-hydrogen) atoms. The van der Waals surface area contributed by atoms with Crippen LogP contribution in [0.15, 0.2) is 53.9 Å². The van der Waals surface area contributed by atoms with E-state index in [1.807, 2.05) is 30.3 Å². The number of benzene rings is 2. The summed E-state index contributed by atoms with van der Waals surface area (Å²) >= 11 is 0. The molecule has 1 fully saturated rings. The number of nitriles is 1. The molecular weight excluding hydrogens is 464 g/mol. The van der Waals surface area contributed by atoms with Gasteiger partial charge in [0.25, 0.3) is 0 Å². The van der Waals surface area contributed by atoms with Crippen LogP contribution in [0, 0.1) is 23.2 Å². The minimum Gasteiger partial charge on any atom is -0.494 e. The Kier molecular flexibility index (Phi) is 9.11. The smallest absolute Gasteiger partial charge is 0.314 e. The molecule has 0 bridgehead atoms. The summed E-state index contributed by atoms with van der Waals surface area (Å²) in [5.41, 5.74) is 8.24. The van der Waals surface area contributed by atoms with Crippen molar-refractivity contribution < 1.29 is 19.0 Å². The molecule has 196 valence electrons. The fraction of sp³-hybridized carbons (Fsp3) is 0.484. The minimum atomic E-state index is -0.374. The largest absolute Gasteiger partial charge is 0.494 e. The molecule has 2 aromatic carbocycles. The van der Waals surface area contributed by atoms with Crippen molar-refractivity contribution in [3.8, 4) is 23.3 Å². The van der Waals surface area contributed by atoms with Crippen LogP contribution in [-0.2, 0) is 4.79 Å². The molecule has 0 saturated heterocycles. The summed E-state index contributed by atoms with van der Waals surface area (Å²) in [6, 6.07) is 15.3. The fourth-order valence-corrected chi connectivity index (χ4v) is 5.31. The van der Waals surface area contributed by atoms with E-state index in [1.165, 1.54) is 19.3 Å². The number of fused-ring (bicyclic) bond motifs is 1. The van der Waals surface area contributed by atoms with E-state index in [2.05, 4.69) is 19.9 Å². The molecule has 2 aromatic rings. The molecule has 0 amide bonds. The number of hydrogen-bond donors (Lipinski definition) is 1. The minimum absolute atomic E-state index is 0.0595. The lowest BCUT2D eigenvalue weighted by molar-refractivity contribution is -0.140. The third kappa shape index (κ3) is 6.46. The number of hydrogen-bond acceptors (Lipinski definition) is 6. The summed E-state index contributed by atoms with van der Waals surface area (Å²) < 4.78 is 17.4. The maximum atomic E-state index is 12.9. The Balaban J connectivity index is 1.47. The molecule has 6 nitrogen and oxygen atoms in total. The Morgan fingerprint density at radius 2 is 1.73 bits per heavy atom. The first-order chi connectivity index (χ1) is 18.0. The maximum Gasteiger partial charge on any atom is 0.314 e. The molecule has 1 unspecified atom stereocenters. The normalized spacial score (nSPS) is 20.9. The van der Waals surface area contributed by atoms with E-state index in [4.69, 9.17) is 19.9 Å². The van der Waals surface area contributed by atoms with Crippen LogP contribution in [0.5, 0.6) is 17.2 Å². The second-order valence-electron chi connectivity index (χ2n) is 10.2. The molecule has 0 aromatic heterocycles. The predicted octanol–water partition coefficient (Wildman–Crippen LogP) is 6.99. The average molecular weight is 503 g/mol. The third-order valence-electron chi connectivity index (χ3n) is 7.54. The van der Waals surface area contributed by atoms with Crippen LogP contribution in [0.2, 0.25) is 0 Å². The summed E-state index contributed by atoms with van der Waals surface area (Å²) in [6.07, 6.45) is 9.77. The number of rotatable bonds is 10. The van der Waals surface area contributed by atoms with E-state index in [-0.39, 0.29) is 23.7 Å². The van der Waals surface area contributed by atoms with E-state index in [1.54, 1.807) is 12.1 Å². The van der Waals surface area contributed by atoms with Crippen molar-refractivity contribution in [3.63, 3.8) is 0 Å². The van der Waals surface area contributed by atoms with E-state index in [0.717, 1.165) is 61.3 Å². The van der Waals surface area contributed by atoms with E-state index in [9.17, 15) is 10.1 Å². The van der Waals surface area contributed by atoms with Crippen molar-refractivity contribution in [1.29, 1.82) is 5.26 Å². The van der Waals surface area contributed by atoms with Gasteiger partial charge in [-0.05, 0) is 61.8 Å². The van der Waals surface area contributed by atoms with Gasteiger partial charge in [-0.25, -0.2) is 0 Å². The second kappa shape index (κ2) is 12.7. The Bertz CT molecular complexity index is 1140. The van der Waals surface area contributed by atoms with Gasteiger partial charge >= 0.3 is 5.97 Å². The maximum absolute atomic E-state index is 12.9. The van der Waals surface area contributed by atoms with Gasteiger partial charge in [-0.15, -0.1) is 0 Å². The first-order valence-electron chi connectivity index (χ1n) is 13.7. The van der Waals surface area contributed by atoms with Crippen molar-refractivity contribution >= 4 is 5.97 Å². The molecule has 2 N–H and O–H groups in total. The van der Waals surface area contributed by atoms with Crippen LogP contribution < -0.4 is 19.9 Å². The Hall–Kier alpha value is -3.46. The van der Waals surface area contributed by atoms with Crippen LogP contribution in [0.4, 0.5) is 0 Å². The highest BCUT2D eigenvalue weighted by atomic mass is 16.5. The Labute approximate surface area is 220 Å². The Morgan fingerprint density at radius 3 is 2.41 bits per heavy atom. The SMILES string of the molecule is CCCCOc1ccc(C2C(C#N)=C(N)Oc3cc(OC(=O)C4CCC(CCCC)CC4)ccc32)cc1. The summed E-state index contributed by atoms with van der Waals surface area (Å²) in [4.78, 5) is 12.9. The van der Waals surface area contributed by atoms with Crippen LogP contribution in [0.3, 0.4) is 0 Å². The van der Waals surface area contributed by atoms with Gasteiger partial charge < -0.3 is 19.9 Å². The lowest BCUT2D eigenvalue weighted by Gasteiger charge is -2.28. The standard InChI is InChI=1S/C31H38N2O4/c1-3-5-7-21-8-10-23(11-9-21)31(34)36-25-16-17-26-28(19-25)37-30(33)27(20-32)29(26)22-12-14-24(15-13-22)35-18-6-4-2/h12-17,19,21,23,29H,3-11,18,33H2,1-2H3. The number of carbonyl (C=O) groups excluding carboxylic acids is 1. The van der Waals surface area contributed by atoms with Crippen LogP contribution >= 0.6 is 0 Å². The van der Waals surface area contributed by atoms with E-state index >= 15 is 0 Å². The molecule has 2 aliphatic rings. The van der Waals surface area contributed by atoms with Crippen LogP contribution in [-0.4, -0.2) is 12.6 Å². The molecular formula is C31H38N2O4. The van der Waals surface area contributed by atoms with Gasteiger partial charge in [0.1, 0.15) is 28.9 Å². The number of carbonyl (C=O) groups is 1. The monoisotopic (exact) mass is 502 g/mol. The first kappa shape index (κ1) is 26.6. The van der Waals surface area contributed by atoms with Crippen molar-refractivity contribution in [2.24, 2.45) is 17.6 Å². The Morgan fingerprint density at radius 1 is 1.03 bits per heavy atom. The zero-order chi connectivity index (χ0) is 26.2. The van der Waals surface area contributed by atoms with Gasteiger partial charge in [-0.2, -0.15) is 5.26 Å². The van der Waals surface area contributed by atoms with E-state index in [0.29, 0.717) is 23.7 Å². The number of ether oxygens (including phenoxy) is 3. The molecule has 1 aliphatic heterocycles. The lowest BCUT2D eigenvalue weighted by atomic mass is 9.80. The van der Waals surface area contributed by atoms with Crippen molar-refractivity contribution in [2.75, 3.05) is 6.61 Å². The van der Waals surface area contributed by atoms with Gasteiger partial charge in [-0.1, -0.05) is 57.7 Å². The molecule has 1 saturated carbocycles. The highest BCUT2D eigenvalue weighted by molar-refractivity contribution is 5.75. The highest BCUT2D eigenvalue weighted by Crippen LogP contribution is 2.44. The zero-order valence-electron chi connectivity index (χ0n) is 22.0. The molecule has 1 atom stereocenters. The van der Waals surface area contributed by atoms with Crippen molar-refractivity contribution in [3.05, 3.63) is 65.0 Å². The summed E-state index contributed by atoms with van der Waals surface area (Å²) in [7, 11) is 0. The summed E-state index contributed by atoms with van der Waals surface area (Å²) in [5, 5.41) is 9.84. The third-order valence-corrected chi connectivity index (χ3v) is 7.54. The van der Waals surface area contributed by atoms with Crippen LogP contribution in [0.1, 0.15) is 88.7 Å². The number of allylic oxidation sites excluding steroid dienone is 1. The summed E-state index contributed by atoms with van der Waals surface area (Å²) in [5.74, 6) is 1.92. The topological polar surface area (TPSA) is 94.6 Å². The first-order valence-corrected chi connectivity index (χ1v) is 13.7. The van der Waals surface area contributed by atoms with Gasteiger partial charge in [0.2, 0.25) is 5.88 Å². The predicted molar refractivity (Wildman–Crippen MR) is 143 cm³/mol. The van der Waals surface area contributed by atoms with Gasteiger partial charge in [0, 0.05) is 11.6 Å². The highest BCUT2D eigenvalue weighted by Gasteiger charge is 2.32. The second-order valence-corrected chi connectivity index (χ2v) is 10.2. The number of unbranched alkanes of at least 4 members (excludes halogenated alkanes) is 2. The van der Waals surface area contributed by atoms with E-state index < -0.39 is 0 Å². The summed E-state index contributed by atoms with van der Waals surface area (Å²) in [6.45, 7) is 5.02. The quantitative estimate of drug-likeness (QED) is 0.214. The van der Waals surface area contributed by atoms with Crippen LogP contribution in [0.25, 0.3) is 0 Å². The number of esters is 1. The number of nitrogens with two attached hydrogens (primary N) is 1. The number of nitrogens with zero attached hydrogens (tertiary/aromatic N) is 1. The molecule has 4 rings (SSSR count). The molecule has 6 heteroatoms. The van der Waals surface area contributed by atoms with Gasteiger partial charge in [-0.3, -0.25) is 4.79 Å². The molecule has 0 spiro atoms. The van der Waals surface area contributed by atoms with Gasteiger partial charge in [0.05, 0.1) is 18.4 Å². The lowest BCUT2D eigenvalue weighted by Crippen LogP contribution is -2.26. The molecule has 1 heterocycles. The molecule has 0 radical (unpaired) electrons. The molecule has 1 aliphatic carbocycles. The van der Waals surface area contributed by atoms with Crippen molar-refractivity contribution in [1.82, 2.24) is 0 Å². The van der Waals surface area contributed by atoms with Crippen molar-refractivity contribution in [2.45, 2.75) is 77.6 Å².